The molecule has 2 fully saturated rings. The molecular weight excluding hydrogens is 410 g/mol. The van der Waals surface area contributed by atoms with Crippen LogP contribution in [0, 0.1) is 6.92 Å². The lowest BCUT2D eigenvalue weighted by Gasteiger charge is -2.45. The number of carbonyl (C=O) groups is 3. The van der Waals surface area contributed by atoms with Crippen LogP contribution in [0.2, 0.25) is 0 Å². The first-order chi connectivity index (χ1) is 15.5. The van der Waals surface area contributed by atoms with Gasteiger partial charge in [0.1, 0.15) is 18.3 Å². The van der Waals surface area contributed by atoms with Gasteiger partial charge in [0.25, 0.3) is 5.91 Å². The van der Waals surface area contributed by atoms with Crippen LogP contribution < -0.4 is 15.1 Å². The number of fused-ring (bicyclic) bond motifs is 3. The molecule has 1 aromatic heterocycles. The minimum absolute atomic E-state index is 0.0269. The zero-order valence-corrected chi connectivity index (χ0v) is 18.2. The van der Waals surface area contributed by atoms with E-state index in [-0.39, 0.29) is 30.3 Å². The van der Waals surface area contributed by atoms with E-state index in [0.29, 0.717) is 22.8 Å². The largest absolute Gasteiger partial charge is 0.360 e. The molecule has 9 heteroatoms. The second-order valence-electron chi connectivity index (χ2n) is 8.70. The standard InChI is InChI=1S/C23H27N5O4/c1-15-12-20(25-32-15)24-21(29)14-28-19-13-16(22(30)26-9-4-5-10-26)7-8-17(19)27-11-3-2-6-18(27)23(28)31/h7-8,12-13,18H,2-6,9-11,14H2,1H3,(H,24,25,29)/t18-/m1/s1. The first kappa shape index (κ1) is 20.5. The topological polar surface area (TPSA) is 99.0 Å². The average Bonchev–Trinajstić information content (AvgIpc) is 3.48. The molecule has 0 spiro atoms. The maximum atomic E-state index is 13.4. The van der Waals surface area contributed by atoms with E-state index < -0.39 is 0 Å². The summed E-state index contributed by atoms with van der Waals surface area (Å²) in [5.41, 5.74) is 2.06. The Morgan fingerprint density at radius 3 is 2.62 bits per heavy atom. The zero-order valence-electron chi connectivity index (χ0n) is 18.2. The van der Waals surface area contributed by atoms with Gasteiger partial charge in [0.05, 0.1) is 11.4 Å². The van der Waals surface area contributed by atoms with Gasteiger partial charge < -0.3 is 19.6 Å². The second kappa shape index (κ2) is 8.29. The van der Waals surface area contributed by atoms with E-state index in [4.69, 9.17) is 4.52 Å². The molecule has 32 heavy (non-hydrogen) atoms. The third kappa shape index (κ3) is 3.72. The van der Waals surface area contributed by atoms with Gasteiger partial charge in [-0.25, -0.2) is 0 Å². The van der Waals surface area contributed by atoms with Crippen LogP contribution in [0.3, 0.4) is 0 Å². The Kier molecular flexibility index (Phi) is 5.32. The fourth-order valence-electron chi connectivity index (χ4n) is 4.91. The molecule has 0 aliphatic carbocycles. The number of carbonyl (C=O) groups excluding carboxylic acids is 3. The number of likely N-dealkylation sites (tertiary alicyclic amines) is 1. The maximum absolute atomic E-state index is 13.4. The number of hydrogen-bond donors (Lipinski definition) is 1. The van der Waals surface area contributed by atoms with Crippen LogP contribution in [-0.4, -0.2) is 60.0 Å². The van der Waals surface area contributed by atoms with E-state index >= 15 is 0 Å². The SMILES string of the molecule is Cc1cc(NC(=O)CN2C(=O)[C@H]3CCCCN3c3ccc(C(=O)N4CCCC4)cc32)no1. The van der Waals surface area contributed by atoms with Crippen molar-refractivity contribution < 1.29 is 18.9 Å². The summed E-state index contributed by atoms with van der Waals surface area (Å²) in [7, 11) is 0. The molecule has 0 saturated carbocycles. The highest BCUT2D eigenvalue weighted by atomic mass is 16.5. The van der Waals surface area contributed by atoms with Gasteiger partial charge in [-0.3, -0.25) is 19.3 Å². The Bertz CT molecular complexity index is 1060. The summed E-state index contributed by atoms with van der Waals surface area (Å²) in [4.78, 5) is 44.7. The third-order valence-corrected chi connectivity index (χ3v) is 6.47. The van der Waals surface area contributed by atoms with Gasteiger partial charge in [0, 0.05) is 31.3 Å². The number of anilines is 3. The molecule has 0 bridgehead atoms. The summed E-state index contributed by atoms with van der Waals surface area (Å²) >= 11 is 0. The van der Waals surface area contributed by atoms with E-state index in [1.807, 2.05) is 17.0 Å². The molecule has 168 valence electrons. The van der Waals surface area contributed by atoms with Gasteiger partial charge in [0.15, 0.2) is 5.82 Å². The predicted molar refractivity (Wildman–Crippen MR) is 119 cm³/mol. The molecule has 3 amide bonds. The normalized spacial score (nSPS) is 20.2. The Labute approximate surface area is 186 Å². The average molecular weight is 438 g/mol. The van der Waals surface area contributed by atoms with Crippen molar-refractivity contribution in [1.29, 1.82) is 0 Å². The number of piperidine rings is 1. The lowest BCUT2D eigenvalue weighted by molar-refractivity contribution is -0.123. The van der Waals surface area contributed by atoms with E-state index in [2.05, 4.69) is 15.4 Å². The molecule has 3 aliphatic rings. The zero-order chi connectivity index (χ0) is 22.2. The van der Waals surface area contributed by atoms with Gasteiger partial charge in [-0.05, 0) is 57.2 Å². The van der Waals surface area contributed by atoms with Crippen molar-refractivity contribution in [3.05, 3.63) is 35.6 Å². The summed E-state index contributed by atoms with van der Waals surface area (Å²) in [6, 6.07) is 6.89. The number of hydrogen-bond acceptors (Lipinski definition) is 6. The molecule has 1 N–H and O–H groups in total. The maximum Gasteiger partial charge on any atom is 0.253 e. The molecule has 0 radical (unpaired) electrons. The monoisotopic (exact) mass is 437 g/mol. The summed E-state index contributed by atoms with van der Waals surface area (Å²) in [5, 5.41) is 6.48. The molecular formula is C23H27N5O4. The molecule has 1 atom stereocenters. The van der Waals surface area contributed by atoms with Crippen LogP contribution >= 0.6 is 0 Å². The number of nitrogens with one attached hydrogen (secondary N) is 1. The summed E-state index contributed by atoms with van der Waals surface area (Å²) < 4.78 is 5.00. The predicted octanol–water partition coefficient (Wildman–Crippen LogP) is 2.56. The molecule has 2 saturated heterocycles. The van der Waals surface area contributed by atoms with Gasteiger partial charge in [-0.1, -0.05) is 5.16 Å². The van der Waals surface area contributed by atoms with Crippen molar-refractivity contribution in [1.82, 2.24) is 10.1 Å². The van der Waals surface area contributed by atoms with Crippen molar-refractivity contribution in [3.63, 3.8) is 0 Å². The Hall–Kier alpha value is -3.36. The summed E-state index contributed by atoms with van der Waals surface area (Å²) in [6.45, 7) is 3.90. The van der Waals surface area contributed by atoms with Gasteiger partial charge in [0.2, 0.25) is 11.8 Å². The third-order valence-electron chi connectivity index (χ3n) is 6.47. The molecule has 1 aromatic carbocycles. The highest BCUT2D eigenvalue weighted by molar-refractivity contribution is 6.11. The number of amides is 3. The second-order valence-corrected chi connectivity index (χ2v) is 8.70. The van der Waals surface area contributed by atoms with Crippen LogP contribution in [0.1, 0.15) is 48.2 Å². The van der Waals surface area contributed by atoms with E-state index in [0.717, 1.165) is 57.4 Å². The van der Waals surface area contributed by atoms with Crippen molar-refractivity contribution in [2.45, 2.75) is 45.1 Å². The number of aryl methyl sites for hydroxylation is 1. The highest BCUT2D eigenvalue weighted by Gasteiger charge is 2.40. The van der Waals surface area contributed by atoms with Crippen molar-refractivity contribution >= 4 is 34.9 Å². The molecule has 5 rings (SSSR count). The lowest BCUT2D eigenvalue weighted by Crippen LogP contribution is -2.56. The van der Waals surface area contributed by atoms with Crippen LogP contribution in [0.5, 0.6) is 0 Å². The van der Waals surface area contributed by atoms with Crippen molar-refractivity contribution in [2.75, 3.05) is 41.3 Å². The van der Waals surface area contributed by atoms with Crippen LogP contribution in [-0.2, 0) is 9.59 Å². The fourth-order valence-corrected chi connectivity index (χ4v) is 4.91. The quantitative estimate of drug-likeness (QED) is 0.789. The van der Waals surface area contributed by atoms with Crippen molar-refractivity contribution in [3.8, 4) is 0 Å². The Balaban J connectivity index is 1.46. The molecule has 2 aromatic rings. The smallest absolute Gasteiger partial charge is 0.253 e. The molecule has 9 nitrogen and oxygen atoms in total. The van der Waals surface area contributed by atoms with E-state index in [1.54, 1.807) is 19.1 Å². The molecule has 0 unspecified atom stereocenters. The summed E-state index contributed by atoms with van der Waals surface area (Å²) in [6.07, 6.45) is 4.78. The van der Waals surface area contributed by atoms with E-state index in [9.17, 15) is 14.4 Å². The van der Waals surface area contributed by atoms with Crippen LogP contribution in [0.15, 0.2) is 28.8 Å². The van der Waals surface area contributed by atoms with Gasteiger partial charge >= 0.3 is 0 Å². The van der Waals surface area contributed by atoms with Crippen LogP contribution in [0.4, 0.5) is 17.2 Å². The minimum Gasteiger partial charge on any atom is -0.360 e. The van der Waals surface area contributed by atoms with Gasteiger partial charge in [-0.15, -0.1) is 0 Å². The number of aromatic nitrogens is 1. The fraction of sp³-hybridized carbons (Fsp3) is 0.478. The lowest BCUT2D eigenvalue weighted by atomic mass is 9.95. The first-order valence-corrected chi connectivity index (χ1v) is 11.3. The molecule has 4 heterocycles. The van der Waals surface area contributed by atoms with Crippen LogP contribution in [0.25, 0.3) is 0 Å². The van der Waals surface area contributed by atoms with Gasteiger partial charge in [-0.2, -0.15) is 0 Å². The van der Waals surface area contributed by atoms with E-state index in [1.165, 1.54) is 4.90 Å². The minimum atomic E-state index is -0.363. The Morgan fingerprint density at radius 1 is 1.09 bits per heavy atom. The van der Waals surface area contributed by atoms with Crippen molar-refractivity contribution in [2.24, 2.45) is 0 Å². The highest BCUT2D eigenvalue weighted by Crippen LogP contribution is 2.40. The number of benzene rings is 1. The Morgan fingerprint density at radius 2 is 1.88 bits per heavy atom. The number of rotatable bonds is 4. The summed E-state index contributed by atoms with van der Waals surface area (Å²) in [5.74, 6) is 0.408. The first-order valence-electron chi connectivity index (χ1n) is 11.3. The number of nitrogens with zero attached hydrogens (tertiary/aromatic N) is 4. The molecule has 3 aliphatic heterocycles.